The van der Waals surface area contributed by atoms with Gasteiger partial charge < -0.3 is 5.32 Å². The molecule has 1 saturated heterocycles. The van der Waals surface area contributed by atoms with Gasteiger partial charge in [0.2, 0.25) is 0 Å². The molecule has 0 spiro atoms. The third-order valence-electron chi connectivity index (χ3n) is 3.22. The van der Waals surface area contributed by atoms with Crippen molar-refractivity contribution in [2.24, 2.45) is 0 Å². The molecule has 1 fully saturated rings. The molecule has 1 aliphatic heterocycles. The van der Waals surface area contributed by atoms with Gasteiger partial charge >= 0.3 is 0 Å². The standard InChI is InChI=1S/C11H17ClN2O2S2/c1-8-6-10(17-11(8)12)18(15,16)14-5-3-4-9(7-14)13-2/h6,9,13H,3-5,7H2,1-2H3. The lowest BCUT2D eigenvalue weighted by atomic mass is 10.1. The number of sulfonamides is 1. The van der Waals surface area contributed by atoms with Crippen LogP contribution < -0.4 is 5.32 Å². The Kier molecular flexibility index (Phi) is 4.33. The van der Waals surface area contributed by atoms with E-state index in [1.807, 2.05) is 14.0 Å². The highest BCUT2D eigenvalue weighted by Crippen LogP contribution is 2.32. The molecule has 1 N–H and O–H groups in total. The van der Waals surface area contributed by atoms with E-state index in [1.54, 1.807) is 10.4 Å². The summed E-state index contributed by atoms with van der Waals surface area (Å²) < 4.78 is 27.4. The number of halogens is 1. The van der Waals surface area contributed by atoms with E-state index in [-0.39, 0.29) is 6.04 Å². The van der Waals surface area contributed by atoms with Gasteiger partial charge in [-0.25, -0.2) is 8.42 Å². The van der Waals surface area contributed by atoms with Crippen molar-refractivity contribution in [1.29, 1.82) is 0 Å². The summed E-state index contributed by atoms with van der Waals surface area (Å²) in [5, 5.41) is 3.15. The van der Waals surface area contributed by atoms with Crippen molar-refractivity contribution in [2.75, 3.05) is 20.1 Å². The van der Waals surface area contributed by atoms with Crippen molar-refractivity contribution >= 4 is 33.0 Å². The SMILES string of the molecule is CNC1CCCN(S(=O)(=O)c2cc(C)c(Cl)s2)C1. The second-order valence-electron chi connectivity index (χ2n) is 4.51. The van der Waals surface area contributed by atoms with Gasteiger partial charge in [0, 0.05) is 19.1 Å². The number of aryl methyl sites for hydroxylation is 1. The highest BCUT2D eigenvalue weighted by atomic mass is 35.5. The summed E-state index contributed by atoms with van der Waals surface area (Å²) in [7, 11) is -1.51. The van der Waals surface area contributed by atoms with Crippen molar-refractivity contribution in [3.05, 3.63) is 16.0 Å². The number of piperidine rings is 1. The zero-order valence-corrected chi connectivity index (χ0v) is 12.8. The lowest BCUT2D eigenvalue weighted by molar-refractivity contribution is 0.293. The number of thiophene rings is 1. The van der Waals surface area contributed by atoms with E-state index in [0.717, 1.165) is 29.7 Å². The van der Waals surface area contributed by atoms with Crippen LogP contribution in [0.3, 0.4) is 0 Å². The molecule has 0 bridgehead atoms. The third kappa shape index (κ3) is 2.72. The van der Waals surface area contributed by atoms with Crippen LogP contribution in [0.2, 0.25) is 4.34 Å². The zero-order valence-electron chi connectivity index (χ0n) is 10.4. The quantitative estimate of drug-likeness (QED) is 0.930. The average molecular weight is 309 g/mol. The first-order chi connectivity index (χ1) is 8.45. The minimum Gasteiger partial charge on any atom is -0.316 e. The normalized spacial score (nSPS) is 22.3. The lowest BCUT2D eigenvalue weighted by Crippen LogP contribution is -2.46. The van der Waals surface area contributed by atoms with E-state index in [1.165, 1.54) is 0 Å². The Balaban J connectivity index is 2.25. The molecule has 1 unspecified atom stereocenters. The minimum absolute atomic E-state index is 0.241. The van der Waals surface area contributed by atoms with Gasteiger partial charge in [-0.2, -0.15) is 4.31 Å². The third-order valence-corrected chi connectivity index (χ3v) is 7.09. The van der Waals surface area contributed by atoms with Crippen molar-refractivity contribution in [2.45, 2.75) is 30.0 Å². The van der Waals surface area contributed by atoms with Gasteiger partial charge in [-0.15, -0.1) is 11.3 Å². The first kappa shape index (κ1) is 14.3. The zero-order chi connectivity index (χ0) is 13.3. The Morgan fingerprint density at radius 1 is 1.56 bits per heavy atom. The van der Waals surface area contributed by atoms with Crippen molar-refractivity contribution in [3.8, 4) is 0 Å². The highest BCUT2D eigenvalue weighted by Gasteiger charge is 2.31. The molecule has 0 radical (unpaired) electrons. The Bertz CT molecular complexity index is 508. The minimum atomic E-state index is -3.38. The van der Waals surface area contributed by atoms with Crippen LogP contribution >= 0.6 is 22.9 Å². The van der Waals surface area contributed by atoms with Crippen LogP contribution in [0.5, 0.6) is 0 Å². The molecule has 102 valence electrons. The Hall–Kier alpha value is -0.140. The van der Waals surface area contributed by atoms with Crippen molar-refractivity contribution < 1.29 is 8.42 Å². The van der Waals surface area contributed by atoms with Gasteiger partial charge in [0.25, 0.3) is 10.0 Å². The smallest absolute Gasteiger partial charge is 0.252 e. The van der Waals surface area contributed by atoms with Crippen LogP contribution in [0.25, 0.3) is 0 Å². The predicted molar refractivity (Wildman–Crippen MR) is 74.9 cm³/mol. The Morgan fingerprint density at radius 2 is 2.28 bits per heavy atom. The molecule has 7 heteroatoms. The summed E-state index contributed by atoms with van der Waals surface area (Å²) in [6.07, 6.45) is 1.91. The summed E-state index contributed by atoms with van der Waals surface area (Å²) in [6, 6.07) is 1.90. The molecule has 1 aromatic heterocycles. The van der Waals surface area contributed by atoms with Gasteiger partial charge in [-0.05, 0) is 38.4 Å². The van der Waals surface area contributed by atoms with Crippen LogP contribution in [-0.2, 0) is 10.0 Å². The first-order valence-corrected chi connectivity index (χ1v) is 8.52. The summed E-state index contributed by atoms with van der Waals surface area (Å²) >= 11 is 7.09. The fraction of sp³-hybridized carbons (Fsp3) is 0.636. The van der Waals surface area contributed by atoms with Crippen LogP contribution in [0, 0.1) is 6.92 Å². The summed E-state index contributed by atoms with van der Waals surface area (Å²) in [5.74, 6) is 0. The number of nitrogens with zero attached hydrogens (tertiary/aromatic N) is 1. The van der Waals surface area contributed by atoms with Crippen LogP contribution in [-0.4, -0.2) is 38.9 Å². The number of likely N-dealkylation sites (N-methyl/N-ethyl adjacent to an activating group) is 1. The molecule has 0 aliphatic carbocycles. The van der Waals surface area contributed by atoms with Crippen molar-refractivity contribution in [3.63, 3.8) is 0 Å². The van der Waals surface area contributed by atoms with E-state index >= 15 is 0 Å². The summed E-state index contributed by atoms with van der Waals surface area (Å²) in [4.78, 5) is 0. The second kappa shape index (κ2) is 5.46. The summed E-state index contributed by atoms with van der Waals surface area (Å²) in [5.41, 5.74) is 0.822. The monoisotopic (exact) mass is 308 g/mol. The molecule has 0 amide bonds. The van der Waals surface area contributed by atoms with Gasteiger partial charge in [0.1, 0.15) is 4.21 Å². The Labute approximate surface area is 117 Å². The fourth-order valence-corrected chi connectivity index (χ4v) is 5.47. The van der Waals surface area contributed by atoms with Crippen LogP contribution in [0.4, 0.5) is 0 Å². The largest absolute Gasteiger partial charge is 0.316 e. The lowest BCUT2D eigenvalue weighted by Gasteiger charge is -2.31. The maximum absolute atomic E-state index is 12.5. The van der Waals surface area contributed by atoms with Crippen molar-refractivity contribution in [1.82, 2.24) is 9.62 Å². The van der Waals surface area contributed by atoms with Gasteiger partial charge in [0.05, 0.1) is 4.34 Å². The fourth-order valence-electron chi connectivity index (χ4n) is 2.08. The van der Waals surface area contributed by atoms with Gasteiger partial charge in [-0.3, -0.25) is 0 Å². The number of hydrogen-bond donors (Lipinski definition) is 1. The van der Waals surface area contributed by atoms with E-state index in [0.29, 0.717) is 21.6 Å². The predicted octanol–water partition coefficient (Wildman–Crippen LogP) is 2.08. The molecule has 0 aromatic carbocycles. The van der Waals surface area contributed by atoms with E-state index in [2.05, 4.69) is 5.32 Å². The molecule has 1 aromatic rings. The molecule has 18 heavy (non-hydrogen) atoms. The summed E-state index contributed by atoms with van der Waals surface area (Å²) in [6.45, 7) is 2.95. The molecule has 4 nitrogen and oxygen atoms in total. The molecule has 2 rings (SSSR count). The molecule has 0 saturated carbocycles. The number of rotatable bonds is 3. The maximum atomic E-state index is 12.5. The molecular formula is C11H17ClN2O2S2. The van der Waals surface area contributed by atoms with Crippen LogP contribution in [0.1, 0.15) is 18.4 Å². The topological polar surface area (TPSA) is 49.4 Å². The van der Waals surface area contributed by atoms with E-state index in [4.69, 9.17) is 11.6 Å². The van der Waals surface area contributed by atoms with E-state index < -0.39 is 10.0 Å². The van der Waals surface area contributed by atoms with Gasteiger partial charge in [0.15, 0.2) is 0 Å². The first-order valence-electron chi connectivity index (χ1n) is 5.88. The Morgan fingerprint density at radius 3 is 2.83 bits per heavy atom. The second-order valence-corrected chi connectivity index (χ2v) is 8.33. The van der Waals surface area contributed by atoms with Gasteiger partial charge in [-0.1, -0.05) is 11.6 Å². The number of nitrogens with one attached hydrogen (secondary N) is 1. The van der Waals surface area contributed by atoms with E-state index in [9.17, 15) is 8.42 Å². The highest BCUT2D eigenvalue weighted by molar-refractivity contribution is 7.91. The average Bonchev–Trinajstić information content (AvgIpc) is 2.70. The molecule has 1 atom stereocenters. The van der Waals surface area contributed by atoms with Crippen LogP contribution in [0.15, 0.2) is 10.3 Å². The molecular weight excluding hydrogens is 292 g/mol. The number of hydrogen-bond acceptors (Lipinski definition) is 4. The molecule has 2 heterocycles. The maximum Gasteiger partial charge on any atom is 0.252 e. The molecule has 1 aliphatic rings.